The van der Waals surface area contributed by atoms with E-state index in [1.54, 1.807) is 24.3 Å². The van der Waals surface area contributed by atoms with Crippen LogP contribution in [0.15, 0.2) is 30.6 Å². The van der Waals surface area contributed by atoms with Crippen LogP contribution in [0.5, 0.6) is 0 Å². The quantitative estimate of drug-likeness (QED) is 0.823. The second-order valence-electron chi connectivity index (χ2n) is 5.98. The fourth-order valence-electron chi connectivity index (χ4n) is 2.76. The third kappa shape index (κ3) is 3.20. The fourth-order valence-corrected chi connectivity index (χ4v) is 2.76. The van der Waals surface area contributed by atoms with Crippen LogP contribution in [0.4, 0.5) is 0 Å². The number of tetrazole rings is 1. The number of nitrogens with zero attached hydrogens (tertiary/aromatic N) is 4. The molecule has 8 heteroatoms. The summed E-state index contributed by atoms with van der Waals surface area (Å²) in [5, 5.41) is 10.9. The van der Waals surface area contributed by atoms with Gasteiger partial charge in [0.25, 0.3) is 5.91 Å². The number of carbonyl (C=O) groups is 2. The molecule has 8 nitrogen and oxygen atoms in total. The van der Waals surface area contributed by atoms with Gasteiger partial charge in [-0.25, -0.2) is 4.68 Å². The average Bonchev–Trinajstić information content (AvgIpc) is 3.24. The number of aromatic nitrogens is 4. The van der Waals surface area contributed by atoms with Gasteiger partial charge in [0, 0.05) is 11.0 Å². The first-order valence-electron chi connectivity index (χ1n) is 7.53. The third-order valence-corrected chi connectivity index (χ3v) is 4.29. The Hall–Kier alpha value is -2.77. The van der Waals surface area contributed by atoms with Gasteiger partial charge >= 0.3 is 0 Å². The minimum absolute atomic E-state index is 0.131. The van der Waals surface area contributed by atoms with Gasteiger partial charge in [0.15, 0.2) is 0 Å². The summed E-state index contributed by atoms with van der Waals surface area (Å²) in [6, 6.07) is 6.75. The van der Waals surface area contributed by atoms with Gasteiger partial charge in [-0.15, -0.1) is 5.10 Å². The van der Waals surface area contributed by atoms with Crippen molar-refractivity contribution in [3.8, 4) is 5.69 Å². The highest BCUT2D eigenvalue weighted by molar-refractivity contribution is 5.96. The van der Waals surface area contributed by atoms with Gasteiger partial charge in [-0.05, 0) is 47.5 Å². The lowest BCUT2D eigenvalue weighted by Crippen LogP contribution is -2.47. The molecule has 0 saturated heterocycles. The molecular formula is C15H18N6O2. The molecule has 120 valence electrons. The van der Waals surface area contributed by atoms with Crippen molar-refractivity contribution in [3.63, 3.8) is 0 Å². The number of nitrogens with one attached hydrogen (secondary N) is 2. The third-order valence-electron chi connectivity index (χ3n) is 4.29. The Balaban J connectivity index is 1.59. The zero-order valence-electron chi connectivity index (χ0n) is 12.8. The Labute approximate surface area is 133 Å². The maximum Gasteiger partial charge on any atom is 0.269 e. The van der Waals surface area contributed by atoms with Crippen molar-refractivity contribution in [3.05, 3.63) is 36.2 Å². The smallest absolute Gasteiger partial charge is 0.269 e. The van der Waals surface area contributed by atoms with Crippen LogP contribution in [0, 0.1) is 5.41 Å². The van der Waals surface area contributed by atoms with E-state index in [2.05, 4.69) is 26.4 Å². The highest BCUT2D eigenvalue weighted by atomic mass is 16.2. The first kappa shape index (κ1) is 15.1. The molecule has 1 fully saturated rings. The van der Waals surface area contributed by atoms with E-state index in [-0.39, 0.29) is 17.2 Å². The molecule has 0 aliphatic heterocycles. The summed E-state index contributed by atoms with van der Waals surface area (Å²) in [5.74, 6) is -0.489. The van der Waals surface area contributed by atoms with E-state index in [0.29, 0.717) is 5.56 Å². The number of hydrazine groups is 1. The van der Waals surface area contributed by atoms with Crippen LogP contribution in [0.25, 0.3) is 5.69 Å². The van der Waals surface area contributed by atoms with Gasteiger partial charge < -0.3 is 0 Å². The summed E-state index contributed by atoms with van der Waals surface area (Å²) in [5.41, 5.74) is 5.81. The Bertz CT molecular complexity index is 689. The van der Waals surface area contributed by atoms with E-state index in [1.807, 2.05) is 6.92 Å². The van der Waals surface area contributed by atoms with Crippen LogP contribution < -0.4 is 10.9 Å². The van der Waals surface area contributed by atoms with Gasteiger partial charge in [-0.3, -0.25) is 20.4 Å². The molecule has 1 aliphatic carbocycles. The van der Waals surface area contributed by atoms with Gasteiger partial charge in [-0.2, -0.15) is 0 Å². The van der Waals surface area contributed by atoms with Crippen molar-refractivity contribution in [1.29, 1.82) is 0 Å². The zero-order chi connectivity index (χ0) is 16.3. The Morgan fingerprint density at radius 2 is 1.83 bits per heavy atom. The molecule has 1 heterocycles. The van der Waals surface area contributed by atoms with Crippen LogP contribution in [-0.2, 0) is 4.79 Å². The summed E-state index contributed by atoms with van der Waals surface area (Å²) in [6.07, 6.45) is 5.29. The Kier molecular flexibility index (Phi) is 4.05. The SMILES string of the molecule is CC1(C(=O)NNC(=O)c2ccc(-n3cnnn3)cc2)CCCC1. The van der Waals surface area contributed by atoms with Gasteiger partial charge in [-0.1, -0.05) is 19.8 Å². The van der Waals surface area contributed by atoms with Crippen LogP contribution >= 0.6 is 0 Å². The predicted molar refractivity (Wildman–Crippen MR) is 81.3 cm³/mol. The van der Waals surface area contributed by atoms with E-state index in [9.17, 15) is 9.59 Å². The van der Waals surface area contributed by atoms with Crippen molar-refractivity contribution < 1.29 is 9.59 Å². The van der Waals surface area contributed by atoms with E-state index in [1.165, 1.54) is 11.0 Å². The first-order chi connectivity index (χ1) is 11.1. The molecule has 0 unspecified atom stereocenters. The molecule has 1 aliphatic rings. The number of carbonyl (C=O) groups excluding carboxylic acids is 2. The van der Waals surface area contributed by atoms with Crippen molar-refractivity contribution in [1.82, 2.24) is 31.1 Å². The normalized spacial score (nSPS) is 16.0. The molecule has 0 spiro atoms. The van der Waals surface area contributed by atoms with Crippen LogP contribution in [0.3, 0.4) is 0 Å². The molecule has 23 heavy (non-hydrogen) atoms. The molecule has 1 aromatic carbocycles. The second kappa shape index (κ2) is 6.15. The maximum absolute atomic E-state index is 12.2. The maximum atomic E-state index is 12.2. The molecule has 0 radical (unpaired) electrons. The first-order valence-corrected chi connectivity index (χ1v) is 7.53. The zero-order valence-corrected chi connectivity index (χ0v) is 12.8. The molecule has 0 atom stereocenters. The number of amides is 2. The lowest BCUT2D eigenvalue weighted by molar-refractivity contribution is -0.130. The molecule has 1 aromatic heterocycles. The van der Waals surface area contributed by atoms with Gasteiger partial charge in [0.1, 0.15) is 6.33 Å². The van der Waals surface area contributed by atoms with E-state index >= 15 is 0 Å². The average molecular weight is 314 g/mol. The number of rotatable bonds is 3. The van der Waals surface area contributed by atoms with Gasteiger partial charge in [0.05, 0.1) is 5.69 Å². The van der Waals surface area contributed by atoms with Crippen molar-refractivity contribution in [2.75, 3.05) is 0 Å². The van der Waals surface area contributed by atoms with Crippen molar-refractivity contribution in [2.24, 2.45) is 5.41 Å². The highest BCUT2D eigenvalue weighted by Crippen LogP contribution is 2.37. The topological polar surface area (TPSA) is 102 Å². The van der Waals surface area contributed by atoms with Crippen LogP contribution in [0.1, 0.15) is 43.0 Å². The minimum atomic E-state index is -0.378. The molecule has 3 rings (SSSR count). The Morgan fingerprint density at radius 1 is 1.13 bits per heavy atom. The monoisotopic (exact) mass is 314 g/mol. The lowest BCUT2D eigenvalue weighted by Gasteiger charge is -2.22. The highest BCUT2D eigenvalue weighted by Gasteiger charge is 2.36. The van der Waals surface area contributed by atoms with Crippen LogP contribution in [-0.4, -0.2) is 32.0 Å². The summed E-state index contributed by atoms with van der Waals surface area (Å²) in [4.78, 5) is 24.3. The minimum Gasteiger partial charge on any atom is -0.273 e. The summed E-state index contributed by atoms with van der Waals surface area (Å²) < 4.78 is 1.49. The second-order valence-corrected chi connectivity index (χ2v) is 5.98. The number of benzene rings is 1. The number of hydrogen-bond donors (Lipinski definition) is 2. The summed E-state index contributed by atoms with van der Waals surface area (Å²) in [7, 11) is 0. The molecule has 0 bridgehead atoms. The predicted octanol–water partition coefficient (Wildman–Crippen LogP) is 1.00. The molecular weight excluding hydrogens is 296 g/mol. The lowest BCUT2D eigenvalue weighted by atomic mass is 9.88. The van der Waals surface area contributed by atoms with E-state index in [0.717, 1.165) is 31.4 Å². The molecule has 2 aromatic rings. The number of hydrogen-bond acceptors (Lipinski definition) is 5. The standard InChI is InChI=1S/C15H18N6O2/c1-15(8-2-3-9-15)14(23)18-17-13(22)11-4-6-12(7-5-11)21-10-16-19-20-21/h4-7,10H,2-3,8-9H2,1H3,(H,17,22)(H,18,23). The summed E-state index contributed by atoms with van der Waals surface area (Å²) in [6.45, 7) is 1.93. The molecule has 2 amide bonds. The van der Waals surface area contributed by atoms with Gasteiger partial charge in [0.2, 0.25) is 5.91 Å². The van der Waals surface area contributed by atoms with E-state index in [4.69, 9.17) is 0 Å². The fraction of sp³-hybridized carbons (Fsp3) is 0.400. The Morgan fingerprint density at radius 3 is 2.43 bits per heavy atom. The van der Waals surface area contributed by atoms with Crippen molar-refractivity contribution in [2.45, 2.75) is 32.6 Å². The largest absolute Gasteiger partial charge is 0.273 e. The van der Waals surface area contributed by atoms with Crippen LogP contribution in [0.2, 0.25) is 0 Å². The van der Waals surface area contributed by atoms with Crippen molar-refractivity contribution >= 4 is 11.8 Å². The summed E-state index contributed by atoms with van der Waals surface area (Å²) >= 11 is 0. The molecule has 2 N–H and O–H groups in total. The molecule has 1 saturated carbocycles. The van der Waals surface area contributed by atoms with E-state index < -0.39 is 0 Å².